The summed E-state index contributed by atoms with van der Waals surface area (Å²) < 4.78 is 37.4. The zero-order chi connectivity index (χ0) is 27.1. The van der Waals surface area contributed by atoms with Crippen molar-refractivity contribution in [3.05, 3.63) is 78.1 Å². The fraction of sp³-hybridized carbons (Fsp3) is 0.357. The van der Waals surface area contributed by atoms with Crippen LogP contribution in [-0.4, -0.2) is 59.6 Å². The number of hydrogen-bond donors (Lipinski definition) is 1. The molecule has 2 atom stereocenters. The molecule has 2 fully saturated rings. The molecule has 0 amide bonds. The molecule has 1 saturated carbocycles. The molecule has 0 bridgehead atoms. The number of aromatic nitrogens is 4. The van der Waals surface area contributed by atoms with E-state index in [9.17, 15) is 13.2 Å². The number of rotatable bonds is 9. The second kappa shape index (κ2) is 10.0. The monoisotopic (exact) mass is 546 g/mol. The van der Waals surface area contributed by atoms with Crippen molar-refractivity contribution in [3.8, 4) is 0 Å². The average molecular weight is 547 g/mol. The smallest absolute Gasteiger partial charge is 0.341 e. The highest BCUT2D eigenvalue weighted by atomic mass is 32.2. The highest BCUT2D eigenvalue weighted by Gasteiger charge is 2.57. The molecular weight excluding hydrogens is 516 g/mol. The second-order valence-electron chi connectivity index (χ2n) is 10.1. The first-order valence-electron chi connectivity index (χ1n) is 13.1. The molecule has 2 aromatic carbocycles. The van der Waals surface area contributed by atoms with Crippen molar-refractivity contribution in [3.63, 3.8) is 0 Å². The quantitative estimate of drug-likeness (QED) is 0.318. The minimum Gasteiger partial charge on any atom is -0.462 e. The lowest BCUT2D eigenvalue weighted by Gasteiger charge is -2.20. The summed E-state index contributed by atoms with van der Waals surface area (Å²) in [6, 6.07) is 11.4. The number of fused-ring (bicyclic) bond motifs is 2. The van der Waals surface area contributed by atoms with Crippen LogP contribution in [-0.2, 0) is 27.7 Å². The van der Waals surface area contributed by atoms with E-state index in [1.807, 2.05) is 52.9 Å². The number of esters is 1. The SMILES string of the molecule is CCOC(=O)c1cnc(N2CC3C(C2)C3NS(=O)(=O)c2ccc3ccccc3c2CCn2ccnc2C)nc1. The van der Waals surface area contributed by atoms with E-state index in [0.29, 0.717) is 49.1 Å². The third-order valence-corrected chi connectivity index (χ3v) is 9.27. The lowest BCUT2D eigenvalue weighted by atomic mass is 10.0. The molecule has 11 heteroatoms. The van der Waals surface area contributed by atoms with Crippen molar-refractivity contribution in [1.29, 1.82) is 0 Å². The van der Waals surface area contributed by atoms with Gasteiger partial charge in [0.2, 0.25) is 16.0 Å². The highest BCUT2D eigenvalue weighted by molar-refractivity contribution is 7.89. The van der Waals surface area contributed by atoms with Gasteiger partial charge in [-0.3, -0.25) is 0 Å². The summed E-state index contributed by atoms with van der Waals surface area (Å²) in [5.41, 5.74) is 1.13. The number of anilines is 1. The van der Waals surface area contributed by atoms with Gasteiger partial charge in [-0.15, -0.1) is 0 Å². The molecule has 6 rings (SSSR count). The van der Waals surface area contributed by atoms with Crippen molar-refractivity contribution in [1.82, 2.24) is 24.2 Å². The summed E-state index contributed by atoms with van der Waals surface area (Å²) in [5, 5.41) is 1.96. The molecule has 1 aliphatic heterocycles. The van der Waals surface area contributed by atoms with E-state index in [2.05, 4.69) is 19.7 Å². The molecule has 1 aliphatic carbocycles. The average Bonchev–Trinajstić information content (AvgIpc) is 3.25. The Morgan fingerprint density at radius 2 is 1.82 bits per heavy atom. The van der Waals surface area contributed by atoms with Crippen LogP contribution in [0.2, 0.25) is 0 Å². The van der Waals surface area contributed by atoms with Crippen LogP contribution in [0.1, 0.15) is 28.7 Å². The van der Waals surface area contributed by atoms with Gasteiger partial charge in [-0.05, 0) is 54.5 Å². The van der Waals surface area contributed by atoms with E-state index < -0.39 is 16.0 Å². The lowest BCUT2D eigenvalue weighted by Crippen LogP contribution is -2.35. The van der Waals surface area contributed by atoms with Crippen LogP contribution in [0.4, 0.5) is 5.95 Å². The Morgan fingerprint density at radius 1 is 1.08 bits per heavy atom. The number of piperidine rings is 1. The van der Waals surface area contributed by atoms with Gasteiger partial charge in [-0.2, -0.15) is 0 Å². The molecule has 10 nitrogen and oxygen atoms in total. The fourth-order valence-corrected chi connectivity index (χ4v) is 7.23. The van der Waals surface area contributed by atoms with Crippen molar-refractivity contribution >= 4 is 32.7 Å². The number of ether oxygens (including phenoxy) is 1. The first kappa shape index (κ1) is 25.4. The maximum absolute atomic E-state index is 13.7. The Morgan fingerprint density at radius 3 is 2.51 bits per heavy atom. The molecule has 4 aromatic rings. The topological polar surface area (TPSA) is 119 Å². The summed E-state index contributed by atoms with van der Waals surface area (Å²) in [6.07, 6.45) is 7.18. The van der Waals surface area contributed by atoms with Gasteiger partial charge in [0.05, 0.1) is 17.1 Å². The van der Waals surface area contributed by atoms with Gasteiger partial charge in [-0.1, -0.05) is 30.3 Å². The van der Waals surface area contributed by atoms with Gasteiger partial charge in [-0.25, -0.2) is 32.9 Å². The number of aryl methyl sites for hydroxylation is 3. The predicted molar refractivity (Wildman–Crippen MR) is 146 cm³/mol. The highest BCUT2D eigenvalue weighted by Crippen LogP contribution is 2.47. The zero-order valence-corrected chi connectivity index (χ0v) is 22.6. The summed E-state index contributed by atoms with van der Waals surface area (Å²) >= 11 is 0. The second-order valence-corrected chi connectivity index (χ2v) is 11.7. The predicted octanol–water partition coefficient (Wildman–Crippen LogP) is 2.97. The molecule has 2 aromatic heterocycles. The molecule has 39 heavy (non-hydrogen) atoms. The third-order valence-electron chi connectivity index (χ3n) is 7.73. The Balaban J connectivity index is 1.17. The van der Waals surface area contributed by atoms with Gasteiger partial charge >= 0.3 is 5.97 Å². The molecular formula is C28H30N6O4S. The van der Waals surface area contributed by atoms with E-state index in [4.69, 9.17) is 4.74 Å². The van der Waals surface area contributed by atoms with Crippen molar-refractivity contribution in [2.45, 2.75) is 37.8 Å². The fourth-order valence-electron chi connectivity index (χ4n) is 5.61. The minimum atomic E-state index is -3.74. The van der Waals surface area contributed by atoms with Gasteiger partial charge in [0.1, 0.15) is 5.82 Å². The molecule has 1 N–H and O–H groups in total. The minimum absolute atomic E-state index is 0.125. The standard InChI is InChI=1S/C28H30N6O4S/c1-3-38-27(35)20-14-30-28(31-15-20)34-16-23-24(17-34)26(23)32-39(36,37)25-9-8-19-6-4-5-7-21(19)22(25)10-12-33-13-11-29-18(33)2/h4-9,11,13-15,23-24,26,32H,3,10,12,16-17H2,1-2H3. The maximum atomic E-state index is 13.7. The Hall–Kier alpha value is -3.83. The Bertz CT molecular complexity index is 1620. The Labute approximate surface area is 227 Å². The summed E-state index contributed by atoms with van der Waals surface area (Å²) in [7, 11) is -3.74. The molecule has 2 unspecified atom stereocenters. The van der Waals surface area contributed by atoms with Gasteiger partial charge in [0, 0.05) is 50.5 Å². The number of imidazole rings is 1. The summed E-state index contributed by atoms with van der Waals surface area (Å²) in [4.78, 5) is 27.2. The molecule has 0 radical (unpaired) electrons. The number of nitrogens with one attached hydrogen (secondary N) is 1. The first-order valence-corrected chi connectivity index (χ1v) is 14.6. The number of carbonyl (C=O) groups excluding carboxylic acids is 1. The third kappa shape index (κ3) is 4.87. The normalized spacial score (nSPS) is 20.3. The van der Waals surface area contributed by atoms with Crippen molar-refractivity contribution in [2.24, 2.45) is 11.8 Å². The van der Waals surface area contributed by atoms with E-state index in [0.717, 1.165) is 22.2 Å². The molecule has 2 aliphatic rings. The number of sulfonamides is 1. The number of hydrogen-bond acceptors (Lipinski definition) is 8. The first-order chi connectivity index (χ1) is 18.9. The van der Waals surface area contributed by atoms with Crippen LogP contribution in [0.15, 0.2) is 66.1 Å². The van der Waals surface area contributed by atoms with Crippen LogP contribution in [0.3, 0.4) is 0 Å². The van der Waals surface area contributed by atoms with Gasteiger partial charge in [0.15, 0.2) is 0 Å². The van der Waals surface area contributed by atoms with E-state index >= 15 is 0 Å². The summed E-state index contributed by atoms with van der Waals surface area (Å²) in [5.74, 6) is 1.35. The zero-order valence-electron chi connectivity index (χ0n) is 21.8. The van der Waals surface area contributed by atoms with Crippen LogP contribution >= 0.6 is 0 Å². The van der Waals surface area contributed by atoms with Gasteiger partial charge in [0.25, 0.3) is 0 Å². The van der Waals surface area contributed by atoms with Crippen LogP contribution in [0.25, 0.3) is 10.8 Å². The number of carbonyl (C=O) groups is 1. The molecule has 3 heterocycles. The Kier molecular flexibility index (Phi) is 6.56. The number of benzene rings is 2. The van der Waals surface area contributed by atoms with E-state index in [1.54, 1.807) is 19.2 Å². The van der Waals surface area contributed by atoms with Crippen LogP contribution < -0.4 is 9.62 Å². The summed E-state index contributed by atoms with van der Waals surface area (Å²) in [6.45, 7) is 5.93. The maximum Gasteiger partial charge on any atom is 0.341 e. The van der Waals surface area contributed by atoms with Gasteiger partial charge < -0.3 is 14.2 Å². The van der Waals surface area contributed by atoms with Crippen molar-refractivity contribution < 1.29 is 17.9 Å². The lowest BCUT2D eigenvalue weighted by molar-refractivity contribution is 0.0525. The van der Waals surface area contributed by atoms with E-state index in [1.165, 1.54) is 12.4 Å². The molecule has 0 spiro atoms. The van der Waals surface area contributed by atoms with Crippen molar-refractivity contribution in [2.75, 3.05) is 24.6 Å². The molecule has 1 saturated heterocycles. The van der Waals surface area contributed by atoms with E-state index in [-0.39, 0.29) is 17.9 Å². The number of nitrogens with zero attached hydrogens (tertiary/aromatic N) is 5. The molecule has 202 valence electrons. The van der Waals surface area contributed by atoms with Crippen LogP contribution in [0, 0.1) is 18.8 Å². The largest absolute Gasteiger partial charge is 0.462 e. The van der Waals surface area contributed by atoms with Crippen LogP contribution in [0.5, 0.6) is 0 Å².